The third kappa shape index (κ3) is 3.30. The molecule has 2 rings (SSSR count). The Labute approximate surface area is 109 Å². The first-order chi connectivity index (χ1) is 8.70. The van der Waals surface area contributed by atoms with Crippen molar-refractivity contribution in [1.29, 1.82) is 0 Å². The number of aryl methyl sites for hydroxylation is 1. The number of rotatable bonds is 4. The minimum Gasteiger partial charge on any atom is -0.381 e. The quantitative estimate of drug-likeness (QED) is 0.888. The highest BCUT2D eigenvalue weighted by molar-refractivity contribution is 5.27. The van der Waals surface area contributed by atoms with Crippen LogP contribution in [0.2, 0.25) is 0 Å². The molecule has 1 aromatic rings. The van der Waals surface area contributed by atoms with Crippen LogP contribution in [0.3, 0.4) is 0 Å². The van der Waals surface area contributed by atoms with Gasteiger partial charge in [0.05, 0.1) is 6.61 Å². The van der Waals surface area contributed by atoms with E-state index in [0.29, 0.717) is 12.0 Å². The maximum Gasteiger partial charge on any atom is 0.123 e. The number of likely N-dealkylation sites (N-methyl/N-ethyl adjacent to an activating group) is 1. The zero-order chi connectivity index (χ0) is 13.0. The van der Waals surface area contributed by atoms with Crippen molar-refractivity contribution in [2.75, 3.05) is 20.3 Å². The first kappa shape index (κ1) is 13.5. The van der Waals surface area contributed by atoms with Crippen molar-refractivity contribution in [3.8, 4) is 0 Å². The van der Waals surface area contributed by atoms with E-state index in [9.17, 15) is 4.39 Å². The Morgan fingerprint density at radius 2 is 2.33 bits per heavy atom. The molecule has 1 N–H and O–H groups in total. The number of hydrogen-bond acceptors (Lipinski definition) is 2. The van der Waals surface area contributed by atoms with Gasteiger partial charge in [-0.15, -0.1) is 0 Å². The maximum absolute atomic E-state index is 13.1. The molecule has 0 bridgehead atoms. The van der Waals surface area contributed by atoms with E-state index in [1.807, 2.05) is 20.0 Å². The lowest BCUT2D eigenvalue weighted by Crippen LogP contribution is -2.40. The van der Waals surface area contributed by atoms with Crippen molar-refractivity contribution in [2.45, 2.75) is 32.2 Å². The molecule has 1 fully saturated rings. The Balaban J connectivity index is 2.04. The van der Waals surface area contributed by atoms with Gasteiger partial charge in [0.15, 0.2) is 0 Å². The molecule has 100 valence electrons. The van der Waals surface area contributed by atoms with E-state index >= 15 is 0 Å². The normalized spacial score (nSPS) is 21.8. The molecule has 2 atom stereocenters. The summed E-state index contributed by atoms with van der Waals surface area (Å²) in [6, 6.07) is 5.47. The first-order valence-corrected chi connectivity index (χ1v) is 6.70. The number of benzene rings is 1. The van der Waals surface area contributed by atoms with E-state index in [0.717, 1.165) is 31.6 Å². The fourth-order valence-electron chi connectivity index (χ4n) is 2.71. The lowest BCUT2D eigenvalue weighted by atomic mass is 9.88. The van der Waals surface area contributed by atoms with Crippen molar-refractivity contribution >= 4 is 0 Å². The molecule has 18 heavy (non-hydrogen) atoms. The van der Waals surface area contributed by atoms with Crippen molar-refractivity contribution < 1.29 is 9.13 Å². The van der Waals surface area contributed by atoms with Crippen LogP contribution in [-0.4, -0.2) is 26.3 Å². The number of halogens is 1. The molecule has 1 aliphatic rings. The summed E-state index contributed by atoms with van der Waals surface area (Å²) >= 11 is 0. The van der Waals surface area contributed by atoms with E-state index in [-0.39, 0.29) is 5.82 Å². The van der Waals surface area contributed by atoms with E-state index < -0.39 is 0 Å². The number of hydrogen-bond donors (Lipinski definition) is 1. The third-order valence-corrected chi connectivity index (χ3v) is 3.88. The standard InChI is InChI=1S/C15H22FNO/c1-11-8-14(16)6-5-12(11)9-15(17-2)13-4-3-7-18-10-13/h5-6,8,13,15,17H,3-4,7,9-10H2,1-2H3. The van der Waals surface area contributed by atoms with Gasteiger partial charge < -0.3 is 10.1 Å². The largest absolute Gasteiger partial charge is 0.381 e. The summed E-state index contributed by atoms with van der Waals surface area (Å²) in [4.78, 5) is 0. The Bertz CT molecular complexity index is 388. The predicted molar refractivity (Wildman–Crippen MR) is 71.2 cm³/mol. The molecule has 3 heteroatoms. The summed E-state index contributed by atoms with van der Waals surface area (Å²) in [6.45, 7) is 3.71. The van der Waals surface area contributed by atoms with Gasteiger partial charge in [-0.3, -0.25) is 0 Å². The second kappa shape index (κ2) is 6.30. The lowest BCUT2D eigenvalue weighted by Gasteiger charge is -2.30. The summed E-state index contributed by atoms with van der Waals surface area (Å²) in [5.41, 5.74) is 2.26. The van der Waals surface area contributed by atoms with Gasteiger partial charge in [-0.05, 0) is 62.4 Å². The van der Waals surface area contributed by atoms with Crippen molar-refractivity contribution in [3.05, 3.63) is 35.1 Å². The average molecular weight is 251 g/mol. The summed E-state index contributed by atoms with van der Waals surface area (Å²) in [5.74, 6) is 0.409. The second-order valence-electron chi connectivity index (χ2n) is 5.15. The van der Waals surface area contributed by atoms with Crippen LogP contribution in [0.4, 0.5) is 4.39 Å². The second-order valence-corrected chi connectivity index (χ2v) is 5.15. The predicted octanol–water partition coefficient (Wildman–Crippen LogP) is 2.69. The molecule has 0 amide bonds. The number of ether oxygens (including phenoxy) is 1. The van der Waals surface area contributed by atoms with Gasteiger partial charge in [-0.25, -0.2) is 4.39 Å². The van der Waals surface area contributed by atoms with Crippen LogP contribution in [0, 0.1) is 18.7 Å². The maximum atomic E-state index is 13.1. The van der Waals surface area contributed by atoms with Crippen LogP contribution in [0.1, 0.15) is 24.0 Å². The fourth-order valence-corrected chi connectivity index (χ4v) is 2.71. The first-order valence-electron chi connectivity index (χ1n) is 6.70. The Kier molecular flexibility index (Phi) is 4.72. The summed E-state index contributed by atoms with van der Waals surface area (Å²) in [7, 11) is 2.00. The minimum atomic E-state index is -0.154. The summed E-state index contributed by atoms with van der Waals surface area (Å²) < 4.78 is 18.6. The van der Waals surface area contributed by atoms with Crippen LogP contribution >= 0.6 is 0 Å². The molecule has 2 nitrogen and oxygen atoms in total. The fraction of sp³-hybridized carbons (Fsp3) is 0.600. The molecular weight excluding hydrogens is 229 g/mol. The average Bonchev–Trinajstić information content (AvgIpc) is 2.39. The molecular formula is C15H22FNO. The Morgan fingerprint density at radius 3 is 2.94 bits per heavy atom. The highest BCUT2D eigenvalue weighted by Gasteiger charge is 2.23. The van der Waals surface area contributed by atoms with Crippen molar-refractivity contribution in [1.82, 2.24) is 5.32 Å². The van der Waals surface area contributed by atoms with Crippen LogP contribution in [-0.2, 0) is 11.2 Å². The van der Waals surface area contributed by atoms with Crippen LogP contribution in [0.25, 0.3) is 0 Å². The van der Waals surface area contributed by atoms with Crippen molar-refractivity contribution in [2.24, 2.45) is 5.92 Å². The van der Waals surface area contributed by atoms with E-state index in [1.54, 1.807) is 12.1 Å². The summed E-state index contributed by atoms with van der Waals surface area (Å²) in [6.07, 6.45) is 3.30. The molecule has 1 aromatic carbocycles. The minimum absolute atomic E-state index is 0.154. The zero-order valence-electron chi connectivity index (χ0n) is 11.2. The topological polar surface area (TPSA) is 21.3 Å². The number of nitrogens with one attached hydrogen (secondary N) is 1. The van der Waals surface area contributed by atoms with Gasteiger partial charge in [0.25, 0.3) is 0 Å². The highest BCUT2D eigenvalue weighted by atomic mass is 19.1. The molecule has 0 aromatic heterocycles. The van der Waals surface area contributed by atoms with Gasteiger partial charge in [0, 0.05) is 12.6 Å². The highest BCUT2D eigenvalue weighted by Crippen LogP contribution is 2.21. The van der Waals surface area contributed by atoms with Gasteiger partial charge in [-0.2, -0.15) is 0 Å². The monoisotopic (exact) mass is 251 g/mol. The van der Waals surface area contributed by atoms with Gasteiger partial charge in [-0.1, -0.05) is 6.07 Å². The van der Waals surface area contributed by atoms with Gasteiger partial charge in [0.2, 0.25) is 0 Å². The third-order valence-electron chi connectivity index (χ3n) is 3.88. The molecule has 1 saturated heterocycles. The van der Waals surface area contributed by atoms with Gasteiger partial charge in [0.1, 0.15) is 5.82 Å². The van der Waals surface area contributed by atoms with E-state index in [4.69, 9.17) is 4.74 Å². The SMILES string of the molecule is CNC(Cc1ccc(F)cc1C)C1CCCOC1. The van der Waals surface area contributed by atoms with Crippen LogP contribution < -0.4 is 5.32 Å². The molecule has 0 radical (unpaired) electrons. The molecule has 1 aliphatic heterocycles. The summed E-state index contributed by atoms with van der Waals surface area (Å²) in [5, 5.41) is 3.39. The molecule has 0 saturated carbocycles. The Morgan fingerprint density at radius 1 is 1.50 bits per heavy atom. The lowest BCUT2D eigenvalue weighted by molar-refractivity contribution is 0.0404. The zero-order valence-corrected chi connectivity index (χ0v) is 11.2. The van der Waals surface area contributed by atoms with Crippen molar-refractivity contribution in [3.63, 3.8) is 0 Å². The van der Waals surface area contributed by atoms with Crippen LogP contribution in [0.15, 0.2) is 18.2 Å². The van der Waals surface area contributed by atoms with Gasteiger partial charge >= 0.3 is 0 Å². The van der Waals surface area contributed by atoms with Crippen LogP contribution in [0.5, 0.6) is 0 Å². The molecule has 1 heterocycles. The van der Waals surface area contributed by atoms with E-state index in [1.165, 1.54) is 12.0 Å². The molecule has 2 unspecified atom stereocenters. The Hall–Kier alpha value is -0.930. The van der Waals surface area contributed by atoms with E-state index in [2.05, 4.69) is 5.32 Å². The smallest absolute Gasteiger partial charge is 0.123 e. The molecule has 0 spiro atoms. The molecule has 0 aliphatic carbocycles.